The molecule has 4 aromatic heterocycles. The van der Waals surface area contributed by atoms with Gasteiger partial charge in [-0.2, -0.15) is 0 Å². The minimum absolute atomic E-state index is 0.187. The number of ether oxygens (including phenoxy) is 2. The van der Waals surface area contributed by atoms with Gasteiger partial charge in [0, 0.05) is 52.9 Å². The molecule has 11 heteroatoms. The Bertz CT molecular complexity index is 1790. The second-order valence-corrected chi connectivity index (χ2v) is 11.9. The summed E-state index contributed by atoms with van der Waals surface area (Å²) in [5.41, 5.74) is 4.32. The van der Waals surface area contributed by atoms with E-state index in [1.807, 2.05) is 36.9 Å². The molecular formula is C30H32N6O4S. The van der Waals surface area contributed by atoms with E-state index in [0.717, 1.165) is 48.2 Å². The molecule has 0 unspecified atom stereocenters. The lowest BCUT2D eigenvalue weighted by molar-refractivity contribution is 0.302. The largest absolute Gasteiger partial charge is 0.481 e. The second kappa shape index (κ2) is 11.0. The molecule has 0 amide bonds. The molecule has 1 aromatic carbocycles. The second-order valence-electron chi connectivity index (χ2n) is 10.1. The lowest BCUT2D eigenvalue weighted by Gasteiger charge is -2.22. The Morgan fingerprint density at radius 2 is 1.73 bits per heavy atom. The molecule has 5 aromatic rings. The van der Waals surface area contributed by atoms with Crippen LogP contribution < -0.4 is 14.8 Å². The topological polar surface area (TPSA) is 113 Å². The van der Waals surface area contributed by atoms with Gasteiger partial charge in [0.2, 0.25) is 11.8 Å². The predicted molar refractivity (Wildman–Crippen MR) is 157 cm³/mol. The summed E-state index contributed by atoms with van der Waals surface area (Å²) in [4.78, 5) is 9.25. The van der Waals surface area contributed by atoms with Crippen LogP contribution in [0.2, 0.25) is 0 Å². The van der Waals surface area contributed by atoms with Crippen LogP contribution in [0, 0.1) is 6.92 Å². The molecule has 0 bridgehead atoms. The molecule has 6 rings (SSSR count). The van der Waals surface area contributed by atoms with Crippen molar-refractivity contribution in [1.82, 2.24) is 29.0 Å². The van der Waals surface area contributed by atoms with Gasteiger partial charge in [-0.25, -0.2) is 22.4 Å². The number of nitrogens with one attached hydrogen (secondary N) is 1. The molecule has 1 aliphatic rings. The summed E-state index contributed by atoms with van der Waals surface area (Å²) in [6.45, 7) is 6.21. The summed E-state index contributed by atoms with van der Waals surface area (Å²) in [6.07, 6.45) is 8.95. The quantitative estimate of drug-likeness (QED) is 0.281. The van der Waals surface area contributed by atoms with Crippen molar-refractivity contribution in [2.45, 2.75) is 37.6 Å². The normalized spacial score (nSPS) is 14.4. The molecule has 5 heterocycles. The van der Waals surface area contributed by atoms with Gasteiger partial charge in [0.05, 0.1) is 30.2 Å². The number of methoxy groups -OCH3 is 1. The number of hydrogen-bond donors (Lipinski definition) is 1. The molecule has 0 aliphatic carbocycles. The fourth-order valence-electron chi connectivity index (χ4n) is 5.20. The van der Waals surface area contributed by atoms with E-state index in [2.05, 4.69) is 10.3 Å². The first kappa shape index (κ1) is 27.0. The van der Waals surface area contributed by atoms with Crippen molar-refractivity contribution < 1.29 is 17.9 Å². The number of benzene rings is 1. The monoisotopic (exact) mass is 572 g/mol. The molecule has 0 saturated carbocycles. The van der Waals surface area contributed by atoms with Gasteiger partial charge in [-0.15, -0.1) is 5.10 Å². The first-order valence-electron chi connectivity index (χ1n) is 13.7. The van der Waals surface area contributed by atoms with E-state index in [-0.39, 0.29) is 10.9 Å². The van der Waals surface area contributed by atoms with Crippen LogP contribution in [0.1, 0.15) is 31.4 Å². The Labute approximate surface area is 239 Å². The molecule has 1 fully saturated rings. The van der Waals surface area contributed by atoms with Crippen molar-refractivity contribution in [3.8, 4) is 34.0 Å². The lowest BCUT2D eigenvalue weighted by atomic mass is 10.0. The number of piperidine rings is 1. The van der Waals surface area contributed by atoms with Gasteiger partial charge in [-0.05, 0) is 64.0 Å². The van der Waals surface area contributed by atoms with Crippen molar-refractivity contribution in [1.29, 1.82) is 0 Å². The number of aromatic nitrogens is 5. The third kappa shape index (κ3) is 5.07. The van der Waals surface area contributed by atoms with E-state index in [1.54, 1.807) is 56.0 Å². The fraction of sp³-hybridized carbons (Fsp3) is 0.300. The van der Waals surface area contributed by atoms with Crippen molar-refractivity contribution >= 4 is 21.1 Å². The summed E-state index contributed by atoms with van der Waals surface area (Å²) in [5, 5.41) is 8.85. The van der Waals surface area contributed by atoms with Crippen molar-refractivity contribution in [2.24, 2.45) is 0 Å². The molecule has 41 heavy (non-hydrogen) atoms. The lowest BCUT2D eigenvalue weighted by Crippen LogP contribution is -2.29. The van der Waals surface area contributed by atoms with Crippen LogP contribution in [0.3, 0.4) is 0 Å². The number of nitrogens with zero attached hydrogens (tertiary/aromatic N) is 5. The van der Waals surface area contributed by atoms with Gasteiger partial charge in [-0.3, -0.25) is 4.68 Å². The van der Waals surface area contributed by atoms with E-state index in [4.69, 9.17) is 19.6 Å². The van der Waals surface area contributed by atoms with E-state index in [9.17, 15) is 8.42 Å². The summed E-state index contributed by atoms with van der Waals surface area (Å²) in [6, 6.07) is 12.6. The number of rotatable bonds is 8. The Hall–Kier alpha value is -4.22. The first-order valence-corrected chi connectivity index (χ1v) is 15.1. The summed E-state index contributed by atoms with van der Waals surface area (Å²) in [5.74, 6) is 1.00. The zero-order valence-electron chi connectivity index (χ0n) is 23.2. The van der Waals surface area contributed by atoms with Crippen LogP contribution in [0.4, 0.5) is 0 Å². The molecule has 0 spiro atoms. The van der Waals surface area contributed by atoms with E-state index in [0.29, 0.717) is 35.0 Å². The maximum atomic E-state index is 13.8. The minimum atomic E-state index is -3.93. The highest BCUT2D eigenvalue weighted by atomic mass is 32.2. The molecule has 0 atom stereocenters. The molecule has 1 N–H and O–H groups in total. The molecule has 212 valence electrons. The van der Waals surface area contributed by atoms with Crippen molar-refractivity contribution in [3.05, 3.63) is 72.8 Å². The maximum absolute atomic E-state index is 13.8. The number of hydrogen-bond acceptors (Lipinski definition) is 8. The highest BCUT2D eigenvalue weighted by molar-refractivity contribution is 7.90. The highest BCUT2D eigenvalue weighted by Crippen LogP contribution is 2.37. The van der Waals surface area contributed by atoms with Crippen LogP contribution in [-0.4, -0.2) is 58.9 Å². The zero-order chi connectivity index (χ0) is 28.6. The van der Waals surface area contributed by atoms with Crippen LogP contribution in [-0.2, 0) is 10.0 Å². The van der Waals surface area contributed by atoms with Crippen molar-refractivity contribution in [2.75, 3.05) is 26.8 Å². The van der Waals surface area contributed by atoms with Crippen LogP contribution >= 0.6 is 0 Å². The van der Waals surface area contributed by atoms with Gasteiger partial charge < -0.3 is 14.8 Å². The summed E-state index contributed by atoms with van der Waals surface area (Å²) >= 11 is 0. The predicted octanol–water partition coefficient (Wildman–Crippen LogP) is 4.84. The SMILES string of the molecule is CCOc1nn(C2CCNCC2)cc1-c1cnc2c(c1)c(-c1ccc(OC)nc1)cn2S(=O)(=O)c1ccc(C)cc1. The van der Waals surface area contributed by atoms with E-state index >= 15 is 0 Å². The number of aryl methyl sites for hydroxylation is 1. The van der Waals surface area contributed by atoms with Crippen LogP contribution in [0.25, 0.3) is 33.3 Å². The van der Waals surface area contributed by atoms with Gasteiger partial charge >= 0.3 is 0 Å². The number of fused-ring (bicyclic) bond motifs is 1. The minimum Gasteiger partial charge on any atom is -0.481 e. The van der Waals surface area contributed by atoms with Crippen LogP contribution in [0.15, 0.2) is 72.1 Å². The smallest absolute Gasteiger partial charge is 0.269 e. The Kier molecular flexibility index (Phi) is 7.22. The average Bonchev–Trinajstić information content (AvgIpc) is 3.60. The van der Waals surface area contributed by atoms with Gasteiger partial charge in [0.25, 0.3) is 10.0 Å². The third-order valence-electron chi connectivity index (χ3n) is 7.42. The average molecular weight is 573 g/mol. The van der Waals surface area contributed by atoms with Gasteiger partial charge in [0.1, 0.15) is 0 Å². The van der Waals surface area contributed by atoms with Crippen molar-refractivity contribution in [3.63, 3.8) is 0 Å². The van der Waals surface area contributed by atoms with E-state index in [1.165, 1.54) is 3.97 Å². The van der Waals surface area contributed by atoms with Gasteiger partial charge in [-0.1, -0.05) is 17.7 Å². The third-order valence-corrected chi connectivity index (χ3v) is 9.08. The Morgan fingerprint density at radius 3 is 2.41 bits per heavy atom. The molecule has 0 radical (unpaired) electrons. The zero-order valence-corrected chi connectivity index (χ0v) is 24.1. The summed E-state index contributed by atoms with van der Waals surface area (Å²) < 4.78 is 42.1. The maximum Gasteiger partial charge on any atom is 0.269 e. The Balaban J connectivity index is 1.52. The molecule has 1 aliphatic heterocycles. The van der Waals surface area contributed by atoms with E-state index < -0.39 is 10.0 Å². The highest BCUT2D eigenvalue weighted by Gasteiger charge is 2.25. The fourth-order valence-corrected chi connectivity index (χ4v) is 6.52. The van der Waals surface area contributed by atoms with Gasteiger partial charge in [0.15, 0.2) is 5.65 Å². The molecule has 10 nitrogen and oxygen atoms in total. The molecule has 1 saturated heterocycles. The first-order chi connectivity index (χ1) is 19.9. The summed E-state index contributed by atoms with van der Waals surface area (Å²) in [7, 11) is -2.37. The standard InChI is InChI=1S/C30H32N6O4S/c1-4-40-30-27(18-35(34-30)23-11-13-31-14-12-23)22-15-25-26(21-7-10-28(39-3)32-16-21)19-36(29(25)33-17-22)41(37,38)24-8-5-20(2)6-9-24/h5-10,15-19,23,31H,4,11-14H2,1-3H3. The number of pyridine rings is 2. The van der Waals surface area contributed by atoms with Crippen LogP contribution in [0.5, 0.6) is 11.8 Å². The molecular weight excluding hydrogens is 540 g/mol. The Morgan fingerprint density at radius 1 is 0.976 bits per heavy atom.